The minimum Gasteiger partial charge on any atom is -0.388 e. The highest BCUT2D eigenvalue weighted by molar-refractivity contribution is 5.86. The van der Waals surface area contributed by atoms with Crippen LogP contribution in [0.2, 0.25) is 0 Å². The molecule has 16 nitrogen and oxygen atoms in total. The first-order chi connectivity index (χ1) is 23.2. The summed E-state index contributed by atoms with van der Waals surface area (Å²) in [7, 11) is 0. The first-order valence-electron chi connectivity index (χ1n) is 17.4. The van der Waals surface area contributed by atoms with E-state index in [9.17, 15) is 49.8 Å². The van der Waals surface area contributed by atoms with E-state index in [1.54, 1.807) is 0 Å². The molecule has 2 aliphatic heterocycles. The molecule has 2 heterocycles. The highest BCUT2D eigenvalue weighted by Gasteiger charge is 2.43. The third kappa shape index (κ3) is 15.4. The van der Waals surface area contributed by atoms with Crippen LogP contribution < -0.4 is 5.32 Å². The zero-order valence-corrected chi connectivity index (χ0v) is 29.0. The van der Waals surface area contributed by atoms with Crippen LogP contribution in [0.5, 0.6) is 0 Å². The van der Waals surface area contributed by atoms with Crippen LogP contribution in [0, 0.1) is 0 Å². The van der Waals surface area contributed by atoms with Gasteiger partial charge in [0.2, 0.25) is 5.91 Å². The number of unbranched alkanes of at least 4 members (excludes halogenated alkanes) is 3. The molecular formula is C33H58N2O14. The Balaban J connectivity index is 1.81. The second kappa shape index (κ2) is 22.8. The number of rotatable bonds is 24. The average molecular weight is 707 g/mol. The van der Waals surface area contributed by atoms with E-state index < -0.39 is 61.4 Å². The summed E-state index contributed by atoms with van der Waals surface area (Å²) in [6, 6.07) is 0. The van der Waals surface area contributed by atoms with Gasteiger partial charge in [0.05, 0.1) is 45.1 Å². The van der Waals surface area contributed by atoms with E-state index in [1.165, 1.54) is 18.7 Å². The molecule has 10 atom stereocenters. The highest BCUT2D eigenvalue weighted by atomic mass is 16.7. The van der Waals surface area contributed by atoms with Gasteiger partial charge in [0.1, 0.15) is 54.0 Å². The Bertz CT molecular complexity index is 962. The maximum Gasteiger partial charge on any atom is 0.219 e. The third-order valence-electron chi connectivity index (χ3n) is 8.56. The van der Waals surface area contributed by atoms with Gasteiger partial charge in [-0.1, -0.05) is 12.8 Å². The van der Waals surface area contributed by atoms with Crippen molar-refractivity contribution in [2.24, 2.45) is 0 Å². The average Bonchev–Trinajstić information content (AvgIpc) is 3.05. The van der Waals surface area contributed by atoms with Crippen LogP contribution in [0.4, 0.5) is 0 Å². The van der Waals surface area contributed by atoms with Crippen LogP contribution in [-0.4, -0.2) is 160 Å². The Morgan fingerprint density at radius 2 is 0.959 bits per heavy atom. The van der Waals surface area contributed by atoms with Gasteiger partial charge in [-0.25, -0.2) is 0 Å². The normalized spacial score (nSPS) is 30.3. The Hall–Kier alpha value is -1.96. The van der Waals surface area contributed by atoms with Crippen LogP contribution in [0.1, 0.15) is 85.0 Å². The molecule has 0 saturated carbocycles. The number of nitrogens with one attached hydrogen (secondary N) is 1. The largest absolute Gasteiger partial charge is 0.388 e. The Labute approximate surface area is 288 Å². The van der Waals surface area contributed by atoms with Crippen molar-refractivity contribution in [3.63, 3.8) is 0 Å². The first-order valence-corrected chi connectivity index (χ1v) is 17.4. The Morgan fingerprint density at radius 3 is 1.37 bits per heavy atom. The smallest absolute Gasteiger partial charge is 0.219 e. The molecule has 2 rings (SSSR count). The maximum atomic E-state index is 12.9. The van der Waals surface area contributed by atoms with Crippen LogP contribution in [0.25, 0.3) is 0 Å². The number of nitrogens with zero attached hydrogens (tertiary/aromatic N) is 1. The molecule has 0 spiro atoms. The van der Waals surface area contributed by atoms with Gasteiger partial charge in [0.15, 0.2) is 12.6 Å². The molecule has 49 heavy (non-hydrogen) atoms. The quantitative estimate of drug-likeness (QED) is 0.0579. The lowest BCUT2D eigenvalue weighted by molar-refractivity contribution is -0.293. The van der Waals surface area contributed by atoms with Gasteiger partial charge in [-0.05, 0) is 46.5 Å². The van der Waals surface area contributed by atoms with Gasteiger partial charge in [0.25, 0.3) is 0 Å². The molecule has 1 amide bonds. The monoisotopic (exact) mass is 706 g/mol. The minimum atomic E-state index is -1.45. The van der Waals surface area contributed by atoms with Gasteiger partial charge < -0.3 is 54.9 Å². The molecule has 0 bridgehead atoms. The maximum absolute atomic E-state index is 12.9. The molecule has 0 aromatic rings. The zero-order valence-electron chi connectivity index (χ0n) is 29.0. The number of hydrogen-bond donors (Lipinski definition) is 7. The molecule has 284 valence electrons. The SMILES string of the molecule is CCNC(=O)CCCCCCC(=O)CN(CC(=O)CCCO[C@H]1O[C@@H](C)[C@@H](O)[C@@H](O)[C@@H]1O)CC(=O)CCCO[C@H]1O[C@@H](C)[C@@H](O)[C@@H](O)[C@@H]1O. The zero-order chi connectivity index (χ0) is 36.5. The summed E-state index contributed by atoms with van der Waals surface area (Å²) in [6.45, 7) is 5.17. The summed E-state index contributed by atoms with van der Waals surface area (Å²) in [6.07, 6.45) is -7.89. The van der Waals surface area contributed by atoms with Crippen molar-refractivity contribution in [1.29, 1.82) is 0 Å². The molecule has 2 fully saturated rings. The number of Topliss-reactive ketones (excluding diaryl/α,β-unsaturated/α-hetero) is 3. The minimum absolute atomic E-state index is 0.00275. The van der Waals surface area contributed by atoms with Crippen molar-refractivity contribution < 1.29 is 68.8 Å². The van der Waals surface area contributed by atoms with E-state index in [2.05, 4.69) is 5.32 Å². The summed E-state index contributed by atoms with van der Waals surface area (Å²) in [5.74, 6) is -0.578. The summed E-state index contributed by atoms with van der Waals surface area (Å²) >= 11 is 0. The Kier molecular flexibility index (Phi) is 20.1. The molecule has 16 heteroatoms. The fourth-order valence-corrected chi connectivity index (χ4v) is 5.64. The fraction of sp³-hybridized carbons (Fsp3) is 0.879. The summed E-state index contributed by atoms with van der Waals surface area (Å²) in [4.78, 5) is 51.6. The lowest BCUT2D eigenvalue weighted by atomic mass is 10.00. The molecule has 0 unspecified atom stereocenters. The molecule has 0 aromatic carbocycles. The van der Waals surface area contributed by atoms with Crippen molar-refractivity contribution in [1.82, 2.24) is 10.2 Å². The second-order valence-electron chi connectivity index (χ2n) is 12.9. The molecule has 0 aliphatic carbocycles. The van der Waals surface area contributed by atoms with E-state index >= 15 is 0 Å². The topological polar surface area (TPSA) is 242 Å². The van der Waals surface area contributed by atoms with Crippen molar-refractivity contribution in [2.45, 2.75) is 146 Å². The van der Waals surface area contributed by atoms with Crippen molar-refractivity contribution in [3.8, 4) is 0 Å². The van der Waals surface area contributed by atoms with E-state index in [1.807, 2.05) is 6.92 Å². The van der Waals surface area contributed by atoms with Gasteiger partial charge in [0, 0.05) is 32.2 Å². The summed E-state index contributed by atoms with van der Waals surface area (Å²) in [5, 5.41) is 62.5. The number of hydrogen-bond acceptors (Lipinski definition) is 15. The van der Waals surface area contributed by atoms with Crippen LogP contribution >= 0.6 is 0 Å². The number of ketones is 3. The highest BCUT2D eigenvalue weighted by Crippen LogP contribution is 2.23. The van der Waals surface area contributed by atoms with E-state index in [0.29, 0.717) is 19.4 Å². The first kappa shape index (κ1) is 43.2. The van der Waals surface area contributed by atoms with Crippen LogP contribution in [0.15, 0.2) is 0 Å². The number of amides is 1. The molecule has 0 radical (unpaired) electrons. The predicted molar refractivity (Wildman–Crippen MR) is 173 cm³/mol. The lowest BCUT2D eigenvalue weighted by Gasteiger charge is -2.38. The number of carbonyl (C=O) groups is 4. The predicted octanol–water partition coefficient (Wildman–Crippen LogP) is -1.28. The van der Waals surface area contributed by atoms with Gasteiger partial charge in [-0.3, -0.25) is 24.1 Å². The Morgan fingerprint density at radius 1 is 0.571 bits per heavy atom. The number of aliphatic hydroxyl groups is 6. The molecule has 7 N–H and O–H groups in total. The van der Waals surface area contributed by atoms with Crippen molar-refractivity contribution >= 4 is 23.3 Å². The third-order valence-corrected chi connectivity index (χ3v) is 8.56. The van der Waals surface area contributed by atoms with Crippen LogP contribution in [-0.2, 0) is 38.1 Å². The van der Waals surface area contributed by atoms with Crippen LogP contribution in [0.3, 0.4) is 0 Å². The van der Waals surface area contributed by atoms with E-state index in [-0.39, 0.29) is 88.2 Å². The summed E-state index contributed by atoms with van der Waals surface area (Å²) in [5.41, 5.74) is 0. The number of carbonyl (C=O) groups excluding carboxylic acids is 4. The summed E-state index contributed by atoms with van der Waals surface area (Å²) < 4.78 is 21.8. The number of aliphatic hydroxyl groups excluding tert-OH is 6. The number of ether oxygens (including phenoxy) is 4. The van der Waals surface area contributed by atoms with Gasteiger partial charge >= 0.3 is 0 Å². The standard InChI is InChI=1S/C33H58N2O14/c1-4-34-25(39)14-8-6-5-7-11-22(36)17-35(18-23(37)12-9-15-46-32-30(44)28(42)26(40)20(2)48-32)19-24(38)13-10-16-47-33-31(45)29(43)27(41)21(3)49-33/h20-21,26-33,40-45H,4-19H2,1-3H3,(H,34,39)/t20-,21-,26+,27+,28+,29+,30-,31-,32-,33-/m0/s1. The molecule has 2 saturated heterocycles. The molecular weight excluding hydrogens is 648 g/mol. The lowest BCUT2D eigenvalue weighted by Crippen LogP contribution is -2.57. The van der Waals surface area contributed by atoms with Crippen molar-refractivity contribution in [3.05, 3.63) is 0 Å². The molecule has 0 aromatic heterocycles. The van der Waals surface area contributed by atoms with Gasteiger partial charge in [-0.15, -0.1) is 0 Å². The second-order valence-corrected chi connectivity index (χ2v) is 12.9. The van der Waals surface area contributed by atoms with Crippen molar-refractivity contribution in [2.75, 3.05) is 39.4 Å². The van der Waals surface area contributed by atoms with E-state index in [0.717, 1.165) is 19.3 Å². The van der Waals surface area contributed by atoms with E-state index in [4.69, 9.17) is 18.9 Å². The molecule has 2 aliphatic rings. The van der Waals surface area contributed by atoms with Gasteiger partial charge in [-0.2, -0.15) is 0 Å². The fourth-order valence-electron chi connectivity index (χ4n) is 5.64.